The molecule has 0 saturated carbocycles. The molecule has 2 heterocycles. The van der Waals surface area contributed by atoms with Gasteiger partial charge in [0.1, 0.15) is 5.01 Å². The zero-order valence-electron chi connectivity index (χ0n) is 13.1. The first-order valence-corrected chi connectivity index (χ1v) is 8.79. The topological polar surface area (TPSA) is 54.9 Å². The monoisotopic (exact) mass is 357 g/mol. The van der Waals surface area contributed by atoms with Crippen molar-refractivity contribution in [1.82, 2.24) is 9.97 Å². The molecule has 6 heteroatoms. The highest BCUT2D eigenvalue weighted by molar-refractivity contribution is 7.13. The molecular formula is C18H16ClN3OS. The van der Waals surface area contributed by atoms with Crippen molar-refractivity contribution in [3.63, 3.8) is 0 Å². The predicted molar refractivity (Wildman–Crippen MR) is 98.5 cm³/mol. The Morgan fingerprint density at radius 2 is 2.17 bits per heavy atom. The number of nitrogens with one attached hydrogen (secondary N) is 1. The summed E-state index contributed by atoms with van der Waals surface area (Å²) in [6.07, 6.45) is 4.50. The lowest BCUT2D eigenvalue weighted by Crippen LogP contribution is -2.13. The summed E-state index contributed by atoms with van der Waals surface area (Å²) >= 11 is 7.63. The van der Waals surface area contributed by atoms with Crippen LogP contribution in [0.4, 0.5) is 5.69 Å². The molecule has 0 bridgehead atoms. The van der Waals surface area contributed by atoms with E-state index in [9.17, 15) is 4.79 Å². The zero-order valence-corrected chi connectivity index (χ0v) is 14.7. The number of hydrogen-bond acceptors (Lipinski definition) is 4. The van der Waals surface area contributed by atoms with Crippen LogP contribution in [0, 0.1) is 6.92 Å². The van der Waals surface area contributed by atoms with Crippen LogP contribution in [0.3, 0.4) is 0 Å². The molecule has 2 aromatic heterocycles. The smallest absolute Gasteiger partial charge is 0.224 e. The fourth-order valence-electron chi connectivity index (χ4n) is 2.24. The number of aromatic nitrogens is 2. The summed E-state index contributed by atoms with van der Waals surface area (Å²) in [6.45, 7) is 1.89. The van der Waals surface area contributed by atoms with Crippen molar-refractivity contribution in [3.05, 3.63) is 64.4 Å². The molecule has 0 saturated heterocycles. The van der Waals surface area contributed by atoms with Crippen LogP contribution in [0.25, 0.3) is 10.6 Å². The number of benzene rings is 1. The van der Waals surface area contributed by atoms with Crippen molar-refractivity contribution in [3.8, 4) is 10.6 Å². The summed E-state index contributed by atoms with van der Waals surface area (Å²) in [7, 11) is 0. The van der Waals surface area contributed by atoms with Crippen LogP contribution in [0.1, 0.15) is 17.7 Å². The van der Waals surface area contributed by atoms with Crippen molar-refractivity contribution in [2.24, 2.45) is 0 Å². The first-order valence-electron chi connectivity index (χ1n) is 7.53. The molecule has 1 N–H and O–H groups in total. The third-order valence-electron chi connectivity index (χ3n) is 3.61. The molecule has 1 amide bonds. The second kappa shape index (κ2) is 7.55. The molecule has 0 aliphatic heterocycles. The molecule has 4 nitrogen and oxygen atoms in total. The van der Waals surface area contributed by atoms with Gasteiger partial charge in [-0.3, -0.25) is 9.78 Å². The van der Waals surface area contributed by atoms with Gasteiger partial charge in [0.15, 0.2) is 0 Å². The summed E-state index contributed by atoms with van der Waals surface area (Å²) in [5.41, 5.74) is 3.53. The average Bonchev–Trinajstić information content (AvgIpc) is 3.07. The van der Waals surface area contributed by atoms with Gasteiger partial charge in [-0.2, -0.15) is 0 Å². The Bertz CT molecular complexity index is 848. The zero-order chi connectivity index (χ0) is 16.9. The maximum absolute atomic E-state index is 12.1. The van der Waals surface area contributed by atoms with E-state index >= 15 is 0 Å². The lowest BCUT2D eigenvalue weighted by atomic mass is 10.2. The van der Waals surface area contributed by atoms with E-state index in [0.717, 1.165) is 27.5 Å². The number of hydrogen-bond donors (Lipinski definition) is 1. The number of thiazole rings is 1. The van der Waals surface area contributed by atoms with Gasteiger partial charge in [0.05, 0.1) is 5.69 Å². The Kier molecular flexibility index (Phi) is 5.23. The van der Waals surface area contributed by atoms with Crippen LogP contribution in [-0.4, -0.2) is 15.9 Å². The number of rotatable bonds is 5. The summed E-state index contributed by atoms with van der Waals surface area (Å²) in [5, 5.41) is 6.46. The normalized spacial score (nSPS) is 10.6. The van der Waals surface area contributed by atoms with Crippen molar-refractivity contribution in [2.45, 2.75) is 19.8 Å². The van der Waals surface area contributed by atoms with Crippen molar-refractivity contribution in [2.75, 3.05) is 5.32 Å². The number of anilines is 1. The number of aryl methyl sites for hydroxylation is 1. The van der Waals surface area contributed by atoms with E-state index in [4.69, 9.17) is 11.6 Å². The van der Waals surface area contributed by atoms with E-state index in [1.807, 2.05) is 42.6 Å². The largest absolute Gasteiger partial charge is 0.326 e. The van der Waals surface area contributed by atoms with Gasteiger partial charge in [0.25, 0.3) is 0 Å². The number of halogens is 1. The lowest BCUT2D eigenvalue weighted by Gasteiger charge is -2.09. The third-order valence-corrected chi connectivity index (χ3v) is 4.96. The van der Waals surface area contributed by atoms with Gasteiger partial charge in [-0.15, -0.1) is 11.3 Å². The van der Waals surface area contributed by atoms with Crippen LogP contribution in [0.15, 0.2) is 48.1 Å². The van der Waals surface area contributed by atoms with Crippen LogP contribution in [0.5, 0.6) is 0 Å². The van der Waals surface area contributed by atoms with Gasteiger partial charge in [-0.05, 0) is 43.2 Å². The average molecular weight is 358 g/mol. The van der Waals surface area contributed by atoms with Gasteiger partial charge in [-0.25, -0.2) is 4.98 Å². The second-order valence-corrected chi connectivity index (χ2v) is 6.61. The summed E-state index contributed by atoms with van der Waals surface area (Å²) in [5.74, 6) is -0.0451. The summed E-state index contributed by atoms with van der Waals surface area (Å²) in [6, 6.07) is 9.34. The van der Waals surface area contributed by atoms with E-state index < -0.39 is 0 Å². The summed E-state index contributed by atoms with van der Waals surface area (Å²) < 4.78 is 0. The second-order valence-electron chi connectivity index (χ2n) is 5.35. The molecule has 0 atom stereocenters. The molecule has 24 heavy (non-hydrogen) atoms. The van der Waals surface area contributed by atoms with Gasteiger partial charge in [0.2, 0.25) is 5.91 Å². The van der Waals surface area contributed by atoms with E-state index in [2.05, 4.69) is 15.3 Å². The predicted octanol–water partition coefficient (Wildman–Crippen LogP) is 4.74. The molecule has 0 aliphatic rings. The number of carbonyl (C=O) groups is 1. The molecule has 0 fully saturated rings. The fourth-order valence-corrected chi connectivity index (χ4v) is 3.26. The Labute approximate surface area is 149 Å². The van der Waals surface area contributed by atoms with E-state index in [1.54, 1.807) is 23.7 Å². The number of pyridine rings is 1. The maximum atomic E-state index is 12.1. The summed E-state index contributed by atoms with van der Waals surface area (Å²) in [4.78, 5) is 20.8. The Morgan fingerprint density at radius 1 is 1.29 bits per heavy atom. The van der Waals surface area contributed by atoms with Crippen LogP contribution in [-0.2, 0) is 11.2 Å². The van der Waals surface area contributed by atoms with Crippen LogP contribution in [0.2, 0.25) is 5.02 Å². The highest BCUT2D eigenvalue weighted by Crippen LogP contribution is 2.24. The van der Waals surface area contributed by atoms with Gasteiger partial charge in [-0.1, -0.05) is 17.7 Å². The number of amides is 1. The first kappa shape index (κ1) is 16.6. The van der Waals surface area contributed by atoms with Crippen LogP contribution >= 0.6 is 22.9 Å². The van der Waals surface area contributed by atoms with E-state index in [1.165, 1.54) is 0 Å². The SMILES string of the molecule is Cc1c(Cl)cccc1NC(=O)CCc1csc(-c2cccnc2)n1. The minimum absolute atomic E-state index is 0.0451. The van der Waals surface area contributed by atoms with Crippen LogP contribution < -0.4 is 5.32 Å². The quantitative estimate of drug-likeness (QED) is 0.717. The van der Waals surface area contributed by atoms with Gasteiger partial charge < -0.3 is 5.32 Å². The number of nitrogens with zero attached hydrogens (tertiary/aromatic N) is 2. The van der Waals surface area contributed by atoms with Crippen molar-refractivity contribution < 1.29 is 4.79 Å². The highest BCUT2D eigenvalue weighted by atomic mass is 35.5. The molecule has 1 aromatic carbocycles. The standard InChI is InChI=1S/C18H16ClN3OS/c1-12-15(19)5-2-6-16(12)22-17(23)8-7-14-11-24-18(21-14)13-4-3-9-20-10-13/h2-6,9-11H,7-8H2,1H3,(H,22,23). The van der Waals surface area contributed by atoms with E-state index in [0.29, 0.717) is 17.9 Å². The molecule has 0 aliphatic carbocycles. The Morgan fingerprint density at radius 3 is 2.96 bits per heavy atom. The maximum Gasteiger partial charge on any atom is 0.224 e. The molecule has 3 rings (SSSR count). The third kappa shape index (κ3) is 3.99. The molecule has 0 unspecified atom stereocenters. The van der Waals surface area contributed by atoms with Crippen molar-refractivity contribution >= 4 is 34.5 Å². The molecule has 0 spiro atoms. The Balaban J connectivity index is 1.59. The molecule has 3 aromatic rings. The minimum atomic E-state index is -0.0451. The number of carbonyl (C=O) groups excluding carboxylic acids is 1. The first-order chi connectivity index (χ1) is 11.6. The lowest BCUT2D eigenvalue weighted by molar-refractivity contribution is -0.116. The molecule has 0 radical (unpaired) electrons. The molecular weight excluding hydrogens is 342 g/mol. The van der Waals surface area contributed by atoms with Gasteiger partial charge in [0, 0.05) is 40.5 Å². The highest BCUT2D eigenvalue weighted by Gasteiger charge is 2.09. The van der Waals surface area contributed by atoms with Gasteiger partial charge >= 0.3 is 0 Å². The van der Waals surface area contributed by atoms with E-state index in [-0.39, 0.29) is 5.91 Å². The molecule has 122 valence electrons. The fraction of sp³-hybridized carbons (Fsp3) is 0.167. The Hall–Kier alpha value is -2.24. The minimum Gasteiger partial charge on any atom is -0.326 e. The van der Waals surface area contributed by atoms with Crippen molar-refractivity contribution in [1.29, 1.82) is 0 Å².